The van der Waals surface area contributed by atoms with Crippen molar-refractivity contribution in [1.82, 2.24) is 10.2 Å². The number of carbonyl (C=O) groups is 2. The van der Waals surface area contributed by atoms with Crippen molar-refractivity contribution in [3.63, 3.8) is 0 Å². The summed E-state index contributed by atoms with van der Waals surface area (Å²) in [5, 5.41) is 9.09. The average molecular weight is 392 g/mol. The predicted molar refractivity (Wildman–Crippen MR) is 117 cm³/mol. The number of nitrogens with zero attached hydrogens (tertiary/aromatic N) is 1. The van der Waals surface area contributed by atoms with Crippen LogP contribution >= 0.6 is 0 Å². The third-order valence-corrected chi connectivity index (χ3v) is 5.85. The quantitative estimate of drug-likeness (QED) is 0.601. The van der Waals surface area contributed by atoms with Crippen LogP contribution in [0.25, 0.3) is 10.8 Å². The Morgan fingerprint density at radius 3 is 2.31 bits per heavy atom. The lowest BCUT2D eigenvalue weighted by atomic mass is 9.79. The summed E-state index contributed by atoms with van der Waals surface area (Å²) in [6, 6.07) is 9.80. The van der Waals surface area contributed by atoms with Gasteiger partial charge >= 0.3 is 0 Å². The molecule has 1 fully saturated rings. The lowest BCUT2D eigenvalue weighted by Crippen LogP contribution is -2.60. The van der Waals surface area contributed by atoms with Crippen LogP contribution in [0.15, 0.2) is 43.0 Å². The molecule has 2 heterocycles. The second-order valence-electron chi connectivity index (χ2n) is 9.54. The molecule has 0 aliphatic carbocycles. The van der Waals surface area contributed by atoms with Gasteiger partial charge in [0, 0.05) is 51.3 Å². The van der Waals surface area contributed by atoms with Crippen LogP contribution in [0.1, 0.15) is 61.3 Å². The standard InChI is InChI=1S/C24H29N3O2/c1-6-12-27-21(28)17-9-7-8-16-19(11-10-18(20(16)17)22(27)29)25-15-13-23(2,3)26-24(4,5)14-15/h6-11,15,25-26H,1,12-14H2,2-5H3. The van der Waals surface area contributed by atoms with Crippen molar-refractivity contribution in [2.24, 2.45) is 0 Å². The predicted octanol–water partition coefficient (Wildman–Crippen LogP) is 4.34. The summed E-state index contributed by atoms with van der Waals surface area (Å²) in [7, 11) is 0. The highest BCUT2D eigenvalue weighted by Gasteiger charge is 2.38. The van der Waals surface area contributed by atoms with Crippen LogP contribution in [-0.2, 0) is 0 Å². The van der Waals surface area contributed by atoms with E-state index in [2.05, 4.69) is 44.9 Å². The summed E-state index contributed by atoms with van der Waals surface area (Å²) >= 11 is 0. The molecule has 0 aromatic heterocycles. The molecule has 0 unspecified atom stereocenters. The van der Waals surface area contributed by atoms with Crippen LogP contribution in [0.3, 0.4) is 0 Å². The minimum atomic E-state index is -0.255. The summed E-state index contributed by atoms with van der Waals surface area (Å²) in [6.45, 7) is 12.8. The van der Waals surface area contributed by atoms with Crippen molar-refractivity contribution in [3.8, 4) is 0 Å². The van der Waals surface area contributed by atoms with Gasteiger partial charge in [-0.25, -0.2) is 0 Å². The van der Waals surface area contributed by atoms with Gasteiger partial charge < -0.3 is 10.6 Å². The van der Waals surface area contributed by atoms with Gasteiger partial charge in [0.15, 0.2) is 0 Å². The van der Waals surface area contributed by atoms with Crippen LogP contribution in [0.4, 0.5) is 5.69 Å². The zero-order valence-electron chi connectivity index (χ0n) is 17.6. The molecule has 2 aromatic carbocycles. The number of anilines is 1. The molecule has 2 aromatic rings. The third-order valence-electron chi connectivity index (χ3n) is 5.85. The van der Waals surface area contributed by atoms with Crippen molar-refractivity contribution in [3.05, 3.63) is 54.1 Å². The zero-order valence-corrected chi connectivity index (χ0v) is 17.6. The maximum Gasteiger partial charge on any atom is 0.261 e. The number of hydrogen-bond acceptors (Lipinski definition) is 4. The summed E-state index contributed by atoms with van der Waals surface area (Å²) < 4.78 is 0. The van der Waals surface area contributed by atoms with Crippen molar-refractivity contribution in [1.29, 1.82) is 0 Å². The molecule has 0 radical (unpaired) electrons. The fraction of sp³-hybridized carbons (Fsp3) is 0.417. The lowest BCUT2D eigenvalue weighted by molar-refractivity contribution is 0.0629. The summed E-state index contributed by atoms with van der Waals surface area (Å²) in [5.74, 6) is -0.511. The highest BCUT2D eigenvalue weighted by molar-refractivity contribution is 6.26. The van der Waals surface area contributed by atoms with E-state index in [1.165, 1.54) is 4.90 Å². The van der Waals surface area contributed by atoms with E-state index in [4.69, 9.17) is 0 Å². The summed E-state index contributed by atoms with van der Waals surface area (Å²) in [6.07, 6.45) is 3.56. The Morgan fingerprint density at radius 2 is 1.69 bits per heavy atom. The SMILES string of the molecule is C=CCN1C(=O)c2cccc3c(NC4CC(C)(C)NC(C)(C)C4)ccc(c23)C1=O. The van der Waals surface area contributed by atoms with E-state index < -0.39 is 0 Å². The first-order chi connectivity index (χ1) is 13.6. The Hall–Kier alpha value is -2.66. The Bertz CT molecular complexity index is 984. The number of carbonyl (C=O) groups excluding carboxylic acids is 2. The molecule has 0 bridgehead atoms. The molecule has 1 saturated heterocycles. The molecule has 4 rings (SSSR count). The second-order valence-corrected chi connectivity index (χ2v) is 9.54. The number of hydrogen-bond donors (Lipinski definition) is 2. The van der Waals surface area contributed by atoms with Crippen LogP contribution in [-0.4, -0.2) is 40.4 Å². The minimum absolute atomic E-state index is 0.0306. The van der Waals surface area contributed by atoms with Crippen LogP contribution in [0, 0.1) is 0 Å². The van der Waals surface area contributed by atoms with Gasteiger partial charge in [-0.05, 0) is 58.7 Å². The van der Waals surface area contributed by atoms with E-state index in [0.717, 1.165) is 29.3 Å². The Morgan fingerprint density at radius 1 is 1.07 bits per heavy atom. The molecular weight excluding hydrogens is 362 g/mol. The Kier molecular flexibility index (Phi) is 4.54. The number of imide groups is 1. The molecule has 2 aliphatic rings. The van der Waals surface area contributed by atoms with Gasteiger partial charge in [-0.1, -0.05) is 18.2 Å². The van der Waals surface area contributed by atoms with Gasteiger partial charge in [-0.3, -0.25) is 14.5 Å². The number of rotatable bonds is 4. The van der Waals surface area contributed by atoms with Gasteiger partial charge in [0.05, 0.1) is 0 Å². The maximum absolute atomic E-state index is 12.9. The first kappa shape index (κ1) is 19.6. The number of nitrogens with one attached hydrogen (secondary N) is 2. The topological polar surface area (TPSA) is 61.4 Å². The molecule has 0 atom stereocenters. The van der Waals surface area contributed by atoms with Crippen LogP contribution in [0.5, 0.6) is 0 Å². The van der Waals surface area contributed by atoms with Crippen LogP contribution in [0.2, 0.25) is 0 Å². The highest BCUT2D eigenvalue weighted by Crippen LogP contribution is 2.37. The van der Waals surface area contributed by atoms with Crippen molar-refractivity contribution < 1.29 is 9.59 Å². The Labute approximate surface area is 172 Å². The van der Waals surface area contributed by atoms with Crippen molar-refractivity contribution in [2.45, 2.75) is 57.7 Å². The average Bonchev–Trinajstić information content (AvgIpc) is 2.61. The first-order valence-corrected chi connectivity index (χ1v) is 10.2. The molecule has 2 amide bonds. The largest absolute Gasteiger partial charge is 0.382 e. The van der Waals surface area contributed by atoms with E-state index in [0.29, 0.717) is 17.2 Å². The zero-order chi connectivity index (χ0) is 21.0. The normalized spacial score (nSPS) is 20.8. The summed E-state index contributed by atoms with van der Waals surface area (Å²) in [5.41, 5.74) is 2.19. The van der Waals surface area contributed by atoms with E-state index >= 15 is 0 Å². The van der Waals surface area contributed by atoms with Crippen LogP contribution < -0.4 is 10.6 Å². The molecule has 29 heavy (non-hydrogen) atoms. The van der Waals surface area contributed by atoms with Gasteiger partial charge in [-0.2, -0.15) is 0 Å². The number of amides is 2. The Balaban J connectivity index is 1.76. The number of piperidine rings is 1. The molecular formula is C24H29N3O2. The van der Waals surface area contributed by atoms with E-state index in [9.17, 15) is 9.59 Å². The van der Waals surface area contributed by atoms with E-state index in [-0.39, 0.29) is 29.4 Å². The second kappa shape index (κ2) is 6.70. The minimum Gasteiger partial charge on any atom is -0.382 e. The molecule has 5 nitrogen and oxygen atoms in total. The van der Waals surface area contributed by atoms with E-state index in [1.54, 1.807) is 12.1 Å². The van der Waals surface area contributed by atoms with E-state index in [1.807, 2.05) is 24.3 Å². The maximum atomic E-state index is 12.9. The van der Waals surface area contributed by atoms with Gasteiger partial charge in [0.25, 0.3) is 11.8 Å². The van der Waals surface area contributed by atoms with Gasteiger partial charge in [-0.15, -0.1) is 6.58 Å². The van der Waals surface area contributed by atoms with Crippen molar-refractivity contribution in [2.75, 3.05) is 11.9 Å². The molecule has 2 aliphatic heterocycles. The fourth-order valence-corrected chi connectivity index (χ4v) is 5.21. The van der Waals surface area contributed by atoms with Gasteiger partial charge in [0.1, 0.15) is 0 Å². The fourth-order valence-electron chi connectivity index (χ4n) is 5.21. The molecule has 0 spiro atoms. The smallest absolute Gasteiger partial charge is 0.261 e. The molecule has 152 valence electrons. The first-order valence-electron chi connectivity index (χ1n) is 10.2. The van der Waals surface area contributed by atoms with Crippen molar-refractivity contribution >= 4 is 28.3 Å². The molecule has 0 saturated carbocycles. The van der Waals surface area contributed by atoms with Gasteiger partial charge in [0.2, 0.25) is 0 Å². The summed E-state index contributed by atoms with van der Waals surface area (Å²) in [4.78, 5) is 27.1. The number of benzene rings is 2. The highest BCUT2D eigenvalue weighted by atomic mass is 16.2. The molecule has 2 N–H and O–H groups in total. The monoisotopic (exact) mass is 391 g/mol. The third kappa shape index (κ3) is 3.44. The lowest BCUT2D eigenvalue weighted by Gasteiger charge is -2.47. The molecule has 5 heteroatoms.